The first kappa shape index (κ1) is 12.4. The first-order chi connectivity index (χ1) is 8.15. The Balaban J connectivity index is 2.07. The molecule has 1 heterocycles. The van der Waals surface area contributed by atoms with Gasteiger partial charge in [0, 0.05) is 28.4 Å². The van der Waals surface area contributed by atoms with E-state index in [9.17, 15) is 0 Å². The minimum Gasteiger partial charge on any atom is -0.380 e. The third kappa shape index (κ3) is 3.45. The molecule has 0 aliphatic rings. The first-order valence-corrected chi connectivity index (χ1v) is 6.42. The Kier molecular flexibility index (Phi) is 4.02. The SMILES string of the molecule is Cc1cncc(NCc2ccc(Br)cc2Cl)c1. The zero-order valence-corrected chi connectivity index (χ0v) is 11.7. The van der Waals surface area contributed by atoms with E-state index in [4.69, 9.17) is 11.6 Å². The number of halogens is 2. The second kappa shape index (κ2) is 5.52. The fourth-order valence-corrected chi connectivity index (χ4v) is 2.25. The zero-order chi connectivity index (χ0) is 12.3. The third-order valence-corrected chi connectivity index (χ3v) is 3.22. The number of nitrogens with one attached hydrogen (secondary N) is 1. The van der Waals surface area contributed by atoms with E-state index < -0.39 is 0 Å². The van der Waals surface area contributed by atoms with Crippen molar-refractivity contribution in [2.45, 2.75) is 13.5 Å². The predicted octanol–water partition coefficient (Wildman–Crippen LogP) is 4.42. The van der Waals surface area contributed by atoms with Crippen molar-refractivity contribution in [3.63, 3.8) is 0 Å². The molecular weight excluding hydrogens is 300 g/mol. The third-order valence-electron chi connectivity index (χ3n) is 2.37. The molecule has 0 bridgehead atoms. The molecule has 4 heteroatoms. The summed E-state index contributed by atoms with van der Waals surface area (Å²) < 4.78 is 0.989. The van der Waals surface area contributed by atoms with Gasteiger partial charge < -0.3 is 5.32 Å². The fourth-order valence-electron chi connectivity index (χ4n) is 1.51. The smallest absolute Gasteiger partial charge is 0.0532 e. The maximum absolute atomic E-state index is 6.14. The van der Waals surface area contributed by atoms with E-state index in [1.807, 2.05) is 31.3 Å². The lowest BCUT2D eigenvalue weighted by Gasteiger charge is -2.08. The van der Waals surface area contributed by atoms with E-state index in [-0.39, 0.29) is 0 Å². The van der Waals surface area contributed by atoms with Crippen LogP contribution in [0.3, 0.4) is 0 Å². The second-order valence-electron chi connectivity index (χ2n) is 3.84. The molecule has 1 aromatic heterocycles. The molecule has 0 aliphatic carbocycles. The lowest BCUT2D eigenvalue weighted by atomic mass is 10.2. The highest BCUT2D eigenvalue weighted by Crippen LogP contribution is 2.22. The Morgan fingerprint density at radius 3 is 2.82 bits per heavy atom. The summed E-state index contributed by atoms with van der Waals surface area (Å²) in [6.45, 7) is 2.71. The molecule has 17 heavy (non-hydrogen) atoms. The lowest BCUT2D eigenvalue weighted by molar-refractivity contribution is 1.13. The summed E-state index contributed by atoms with van der Waals surface area (Å²) in [5.41, 5.74) is 3.21. The fraction of sp³-hybridized carbons (Fsp3) is 0.154. The summed E-state index contributed by atoms with van der Waals surface area (Å²) >= 11 is 9.53. The average molecular weight is 312 g/mol. The number of pyridine rings is 1. The van der Waals surface area contributed by atoms with Gasteiger partial charge in [-0.2, -0.15) is 0 Å². The van der Waals surface area contributed by atoms with Crippen LogP contribution in [0.2, 0.25) is 5.02 Å². The number of nitrogens with zero attached hydrogens (tertiary/aromatic N) is 1. The largest absolute Gasteiger partial charge is 0.380 e. The molecule has 1 N–H and O–H groups in total. The number of aryl methyl sites for hydroxylation is 1. The molecule has 0 saturated heterocycles. The maximum Gasteiger partial charge on any atom is 0.0532 e. The van der Waals surface area contributed by atoms with Crippen molar-refractivity contribution in [3.8, 4) is 0 Å². The maximum atomic E-state index is 6.14. The molecule has 0 unspecified atom stereocenters. The van der Waals surface area contributed by atoms with Crippen LogP contribution in [-0.2, 0) is 6.54 Å². The normalized spacial score (nSPS) is 10.3. The molecule has 1 aromatic carbocycles. The van der Waals surface area contributed by atoms with Gasteiger partial charge in [-0.3, -0.25) is 4.98 Å². The number of anilines is 1. The molecule has 0 atom stereocenters. The van der Waals surface area contributed by atoms with Crippen molar-refractivity contribution >= 4 is 33.2 Å². The highest BCUT2D eigenvalue weighted by Gasteiger charge is 2.01. The van der Waals surface area contributed by atoms with Gasteiger partial charge in [0.1, 0.15) is 0 Å². The second-order valence-corrected chi connectivity index (χ2v) is 5.16. The highest BCUT2D eigenvalue weighted by molar-refractivity contribution is 9.10. The standard InChI is InChI=1S/C13H12BrClN2/c1-9-4-12(8-16-6-9)17-7-10-2-3-11(14)5-13(10)15/h2-6,8,17H,7H2,1H3. The molecule has 2 rings (SSSR count). The van der Waals surface area contributed by atoms with Crippen LogP contribution in [0.15, 0.2) is 41.1 Å². The number of rotatable bonds is 3. The average Bonchev–Trinajstić information content (AvgIpc) is 2.28. The van der Waals surface area contributed by atoms with Crippen LogP contribution in [0.5, 0.6) is 0 Å². The van der Waals surface area contributed by atoms with E-state index in [1.165, 1.54) is 0 Å². The summed E-state index contributed by atoms with van der Waals surface area (Å²) in [6.07, 6.45) is 3.64. The van der Waals surface area contributed by atoms with Crippen LogP contribution in [0, 0.1) is 6.92 Å². The van der Waals surface area contributed by atoms with E-state index in [2.05, 4.69) is 32.3 Å². The molecule has 0 aliphatic heterocycles. The van der Waals surface area contributed by atoms with Crippen molar-refractivity contribution in [2.24, 2.45) is 0 Å². The Hall–Kier alpha value is -1.06. The van der Waals surface area contributed by atoms with Crippen molar-refractivity contribution < 1.29 is 0 Å². The van der Waals surface area contributed by atoms with Gasteiger partial charge in [0.25, 0.3) is 0 Å². The summed E-state index contributed by atoms with van der Waals surface area (Å²) in [5.74, 6) is 0. The molecule has 0 spiro atoms. The Bertz CT molecular complexity index is 529. The number of aromatic nitrogens is 1. The lowest BCUT2D eigenvalue weighted by Crippen LogP contribution is -2.00. The molecule has 88 valence electrons. The molecular formula is C13H12BrClN2. The number of benzene rings is 1. The van der Waals surface area contributed by atoms with Crippen molar-refractivity contribution in [2.75, 3.05) is 5.32 Å². The summed E-state index contributed by atoms with van der Waals surface area (Å²) in [6, 6.07) is 7.94. The van der Waals surface area contributed by atoms with Gasteiger partial charge in [-0.15, -0.1) is 0 Å². The summed E-state index contributed by atoms with van der Waals surface area (Å²) in [4.78, 5) is 4.13. The minimum atomic E-state index is 0.692. The van der Waals surface area contributed by atoms with Gasteiger partial charge in [0.15, 0.2) is 0 Å². The topological polar surface area (TPSA) is 24.9 Å². The predicted molar refractivity (Wildman–Crippen MR) is 75.5 cm³/mol. The molecule has 2 nitrogen and oxygen atoms in total. The molecule has 0 radical (unpaired) electrons. The minimum absolute atomic E-state index is 0.692. The molecule has 0 amide bonds. The van der Waals surface area contributed by atoms with Crippen molar-refractivity contribution in [3.05, 3.63) is 57.3 Å². The van der Waals surface area contributed by atoms with Crippen LogP contribution in [0.25, 0.3) is 0 Å². The van der Waals surface area contributed by atoms with Crippen molar-refractivity contribution in [1.29, 1.82) is 0 Å². The van der Waals surface area contributed by atoms with Crippen LogP contribution in [-0.4, -0.2) is 4.98 Å². The van der Waals surface area contributed by atoms with Gasteiger partial charge >= 0.3 is 0 Å². The number of hydrogen-bond acceptors (Lipinski definition) is 2. The Morgan fingerprint density at radius 1 is 1.29 bits per heavy atom. The van der Waals surface area contributed by atoms with E-state index >= 15 is 0 Å². The number of hydrogen-bond donors (Lipinski definition) is 1. The van der Waals surface area contributed by atoms with Crippen LogP contribution in [0.1, 0.15) is 11.1 Å². The molecule has 0 saturated carbocycles. The van der Waals surface area contributed by atoms with E-state index in [0.717, 1.165) is 26.3 Å². The van der Waals surface area contributed by atoms with Crippen LogP contribution < -0.4 is 5.32 Å². The molecule has 0 fully saturated rings. The van der Waals surface area contributed by atoms with Gasteiger partial charge in [-0.05, 0) is 36.2 Å². The van der Waals surface area contributed by atoms with Gasteiger partial charge in [0.05, 0.1) is 5.69 Å². The molecule has 2 aromatic rings. The zero-order valence-electron chi connectivity index (χ0n) is 9.37. The van der Waals surface area contributed by atoms with Gasteiger partial charge in [0.2, 0.25) is 0 Å². The highest BCUT2D eigenvalue weighted by atomic mass is 79.9. The van der Waals surface area contributed by atoms with Crippen LogP contribution >= 0.6 is 27.5 Å². The Morgan fingerprint density at radius 2 is 2.12 bits per heavy atom. The van der Waals surface area contributed by atoms with Crippen LogP contribution in [0.4, 0.5) is 5.69 Å². The quantitative estimate of drug-likeness (QED) is 0.907. The van der Waals surface area contributed by atoms with Gasteiger partial charge in [-0.25, -0.2) is 0 Å². The summed E-state index contributed by atoms with van der Waals surface area (Å²) in [7, 11) is 0. The van der Waals surface area contributed by atoms with E-state index in [1.54, 1.807) is 6.20 Å². The first-order valence-electron chi connectivity index (χ1n) is 5.24. The monoisotopic (exact) mass is 310 g/mol. The Labute approximate surface area is 114 Å². The summed E-state index contributed by atoms with van der Waals surface area (Å²) in [5, 5.41) is 4.06. The van der Waals surface area contributed by atoms with Gasteiger partial charge in [-0.1, -0.05) is 33.6 Å². The van der Waals surface area contributed by atoms with E-state index in [0.29, 0.717) is 6.54 Å². The van der Waals surface area contributed by atoms with Crippen molar-refractivity contribution in [1.82, 2.24) is 4.98 Å².